The third-order valence-electron chi connectivity index (χ3n) is 4.94. The molecule has 2 aromatic carbocycles. The summed E-state index contributed by atoms with van der Waals surface area (Å²) >= 11 is 1.70. The van der Waals surface area contributed by atoms with E-state index in [1.807, 2.05) is 0 Å². The summed E-state index contributed by atoms with van der Waals surface area (Å²) in [4.78, 5) is 14.6. The van der Waals surface area contributed by atoms with Crippen molar-refractivity contribution in [2.75, 3.05) is 13.1 Å². The lowest BCUT2D eigenvalue weighted by atomic mass is 10.1. The smallest absolute Gasteiger partial charge is 0.254 e. The highest BCUT2D eigenvalue weighted by atomic mass is 32.1. The van der Waals surface area contributed by atoms with Gasteiger partial charge in [0.1, 0.15) is 5.82 Å². The van der Waals surface area contributed by atoms with Crippen molar-refractivity contribution < 1.29 is 9.18 Å². The Bertz CT molecular complexity index is 908. The van der Waals surface area contributed by atoms with Crippen molar-refractivity contribution in [3.63, 3.8) is 0 Å². The lowest BCUT2D eigenvalue weighted by Crippen LogP contribution is -2.37. The van der Waals surface area contributed by atoms with Gasteiger partial charge in [-0.05, 0) is 52.1 Å². The zero-order valence-corrected chi connectivity index (χ0v) is 15.7. The molecule has 3 nitrogen and oxygen atoms in total. The van der Waals surface area contributed by atoms with E-state index in [1.165, 1.54) is 28.8 Å². The number of likely N-dealkylation sites (tertiary alicyclic amines) is 1. The Kier molecular flexibility index (Phi) is 5.32. The van der Waals surface area contributed by atoms with Crippen LogP contribution in [0.25, 0.3) is 11.1 Å². The number of hydrogen-bond donors (Lipinski definition) is 1. The van der Waals surface area contributed by atoms with Gasteiger partial charge in [-0.15, -0.1) is 0 Å². The van der Waals surface area contributed by atoms with E-state index in [2.05, 4.69) is 51.3 Å². The number of carbonyl (C=O) groups is 1. The molecule has 1 unspecified atom stereocenters. The first-order valence-corrected chi connectivity index (χ1v) is 10.0. The average molecular weight is 380 g/mol. The van der Waals surface area contributed by atoms with E-state index in [4.69, 9.17) is 0 Å². The van der Waals surface area contributed by atoms with E-state index in [9.17, 15) is 9.18 Å². The van der Waals surface area contributed by atoms with E-state index in [0.29, 0.717) is 0 Å². The van der Waals surface area contributed by atoms with E-state index in [-0.39, 0.29) is 17.5 Å². The van der Waals surface area contributed by atoms with Gasteiger partial charge in [0.25, 0.3) is 5.91 Å². The largest absolute Gasteiger partial charge is 0.348 e. The normalized spacial score (nSPS) is 17.1. The molecule has 1 aromatic heterocycles. The Hall–Kier alpha value is -2.50. The Balaban J connectivity index is 1.32. The van der Waals surface area contributed by atoms with Crippen molar-refractivity contribution in [1.82, 2.24) is 10.2 Å². The molecule has 0 spiro atoms. The molecule has 0 saturated carbocycles. The molecule has 1 fully saturated rings. The lowest BCUT2D eigenvalue weighted by molar-refractivity contribution is 0.0933. The Labute approximate surface area is 162 Å². The van der Waals surface area contributed by atoms with Crippen molar-refractivity contribution in [1.29, 1.82) is 0 Å². The fourth-order valence-corrected chi connectivity index (χ4v) is 4.16. The average Bonchev–Trinajstić information content (AvgIpc) is 3.35. The lowest BCUT2D eigenvalue weighted by Gasteiger charge is -2.17. The van der Waals surface area contributed by atoms with Gasteiger partial charge in [0, 0.05) is 25.7 Å². The fraction of sp³-hybridized carbons (Fsp3) is 0.227. The Morgan fingerprint density at radius 3 is 2.67 bits per heavy atom. The Morgan fingerprint density at radius 1 is 1.11 bits per heavy atom. The molecule has 0 radical (unpaired) electrons. The molecule has 1 aliphatic heterocycles. The number of carbonyl (C=O) groups excluding carboxylic acids is 1. The number of halogens is 1. The standard InChI is InChI=1S/C22H21FN2OS/c23-21-4-2-1-3-20(21)22(26)24-19-9-11-25(14-19)13-16-5-7-17(8-6-16)18-10-12-27-15-18/h1-8,10,12,15,19H,9,11,13-14H2,(H,24,26). The van der Waals surface area contributed by atoms with Crippen LogP contribution in [0.1, 0.15) is 22.3 Å². The van der Waals surface area contributed by atoms with E-state index in [1.54, 1.807) is 23.5 Å². The molecular formula is C22H21FN2OS. The molecule has 5 heteroatoms. The Morgan fingerprint density at radius 2 is 1.93 bits per heavy atom. The molecule has 4 rings (SSSR count). The summed E-state index contributed by atoms with van der Waals surface area (Å²) in [5, 5.41) is 7.20. The maximum absolute atomic E-state index is 13.7. The van der Waals surface area contributed by atoms with Crippen LogP contribution in [0.4, 0.5) is 4.39 Å². The molecule has 1 saturated heterocycles. The highest BCUT2D eigenvalue weighted by Gasteiger charge is 2.25. The SMILES string of the molecule is O=C(NC1CCN(Cc2ccc(-c3ccsc3)cc2)C1)c1ccccc1F. The van der Waals surface area contributed by atoms with Crippen molar-refractivity contribution in [3.8, 4) is 11.1 Å². The van der Waals surface area contributed by atoms with Crippen molar-refractivity contribution in [2.24, 2.45) is 0 Å². The summed E-state index contributed by atoms with van der Waals surface area (Å²) in [7, 11) is 0. The summed E-state index contributed by atoms with van der Waals surface area (Å²) in [5.74, 6) is -0.810. The monoisotopic (exact) mass is 380 g/mol. The predicted molar refractivity (Wildman–Crippen MR) is 107 cm³/mol. The van der Waals surface area contributed by atoms with Gasteiger partial charge in [-0.1, -0.05) is 36.4 Å². The molecule has 0 aliphatic carbocycles. The van der Waals surface area contributed by atoms with Gasteiger partial charge in [-0.25, -0.2) is 4.39 Å². The molecule has 2 heterocycles. The molecule has 1 aliphatic rings. The van der Waals surface area contributed by atoms with Gasteiger partial charge in [0.15, 0.2) is 0 Å². The molecule has 1 N–H and O–H groups in total. The third-order valence-corrected chi connectivity index (χ3v) is 5.62. The number of thiophene rings is 1. The highest BCUT2D eigenvalue weighted by Crippen LogP contribution is 2.23. The third kappa shape index (κ3) is 4.26. The van der Waals surface area contributed by atoms with Crippen molar-refractivity contribution >= 4 is 17.2 Å². The molecule has 3 aromatic rings. The van der Waals surface area contributed by atoms with E-state index >= 15 is 0 Å². The maximum atomic E-state index is 13.7. The minimum atomic E-state index is -0.476. The molecule has 27 heavy (non-hydrogen) atoms. The van der Waals surface area contributed by atoms with Crippen LogP contribution in [0.3, 0.4) is 0 Å². The molecule has 138 valence electrons. The minimum Gasteiger partial charge on any atom is -0.348 e. The van der Waals surface area contributed by atoms with Gasteiger partial charge in [0.05, 0.1) is 5.56 Å². The molecule has 1 amide bonds. The van der Waals surface area contributed by atoms with Gasteiger partial charge in [-0.2, -0.15) is 11.3 Å². The second kappa shape index (κ2) is 8.03. The number of nitrogens with zero attached hydrogens (tertiary/aromatic N) is 1. The number of benzene rings is 2. The van der Waals surface area contributed by atoms with Crippen LogP contribution >= 0.6 is 11.3 Å². The molecule has 1 atom stereocenters. The van der Waals surface area contributed by atoms with Crippen LogP contribution in [-0.4, -0.2) is 29.9 Å². The van der Waals surface area contributed by atoms with Crippen LogP contribution in [0.15, 0.2) is 65.4 Å². The molecule has 0 bridgehead atoms. The van der Waals surface area contributed by atoms with E-state index < -0.39 is 5.82 Å². The van der Waals surface area contributed by atoms with Crippen LogP contribution in [0.2, 0.25) is 0 Å². The molecular weight excluding hydrogens is 359 g/mol. The minimum absolute atomic E-state index is 0.0576. The number of hydrogen-bond acceptors (Lipinski definition) is 3. The second-order valence-corrected chi connectivity index (χ2v) is 7.66. The van der Waals surface area contributed by atoms with Crippen molar-refractivity contribution in [2.45, 2.75) is 19.0 Å². The summed E-state index contributed by atoms with van der Waals surface area (Å²) in [6.45, 7) is 2.57. The predicted octanol–water partition coefficient (Wildman–Crippen LogP) is 4.56. The van der Waals surface area contributed by atoms with E-state index in [0.717, 1.165) is 26.1 Å². The zero-order valence-electron chi connectivity index (χ0n) is 14.9. The van der Waals surface area contributed by atoms with Gasteiger partial charge in [-0.3, -0.25) is 9.69 Å². The van der Waals surface area contributed by atoms with Crippen LogP contribution in [0, 0.1) is 5.82 Å². The summed E-state index contributed by atoms with van der Waals surface area (Å²) < 4.78 is 13.7. The maximum Gasteiger partial charge on any atom is 0.254 e. The van der Waals surface area contributed by atoms with Gasteiger partial charge < -0.3 is 5.32 Å². The zero-order chi connectivity index (χ0) is 18.6. The highest BCUT2D eigenvalue weighted by molar-refractivity contribution is 7.08. The number of amides is 1. The van der Waals surface area contributed by atoms with Crippen LogP contribution in [-0.2, 0) is 6.54 Å². The first-order valence-electron chi connectivity index (χ1n) is 9.08. The first-order chi connectivity index (χ1) is 13.2. The summed E-state index contributed by atoms with van der Waals surface area (Å²) in [6.07, 6.45) is 0.882. The van der Waals surface area contributed by atoms with Crippen LogP contribution < -0.4 is 5.32 Å². The van der Waals surface area contributed by atoms with Gasteiger partial charge in [0.2, 0.25) is 0 Å². The first kappa shape index (κ1) is 17.9. The van der Waals surface area contributed by atoms with Gasteiger partial charge >= 0.3 is 0 Å². The quantitative estimate of drug-likeness (QED) is 0.704. The fourth-order valence-electron chi connectivity index (χ4n) is 3.49. The topological polar surface area (TPSA) is 32.3 Å². The van der Waals surface area contributed by atoms with Crippen molar-refractivity contribution in [3.05, 3.63) is 82.3 Å². The number of rotatable bonds is 5. The summed E-state index contributed by atoms with van der Waals surface area (Å²) in [6, 6.07) is 16.9. The second-order valence-electron chi connectivity index (χ2n) is 6.88. The van der Waals surface area contributed by atoms with Crippen LogP contribution in [0.5, 0.6) is 0 Å². The summed E-state index contributed by atoms with van der Waals surface area (Å²) in [5.41, 5.74) is 3.86. The number of nitrogens with one attached hydrogen (secondary N) is 1.